The van der Waals surface area contributed by atoms with E-state index in [-0.39, 0.29) is 19.3 Å². The van der Waals surface area contributed by atoms with Crippen LogP contribution in [-0.4, -0.2) is 22.3 Å². The van der Waals surface area contributed by atoms with E-state index in [1.165, 1.54) is 37.6 Å². The second-order valence-corrected chi connectivity index (χ2v) is 10.6. The van der Waals surface area contributed by atoms with Gasteiger partial charge in [-0.25, -0.2) is 9.78 Å². The van der Waals surface area contributed by atoms with Crippen molar-refractivity contribution >= 4 is 17.1 Å². The molecule has 1 aliphatic rings. The third-order valence-electron chi connectivity index (χ3n) is 7.77. The van der Waals surface area contributed by atoms with Crippen LogP contribution in [-0.2, 0) is 11.3 Å². The quantitative estimate of drug-likeness (QED) is 0.202. The summed E-state index contributed by atoms with van der Waals surface area (Å²) < 4.78 is 14.1. The van der Waals surface area contributed by atoms with Crippen molar-refractivity contribution in [2.45, 2.75) is 50.8 Å². The van der Waals surface area contributed by atoms with Gasteiger partial charge < -0.3 is 19.4 Å². The standard InChI is InChI=1S/C35H35N3O3/c39-35(41-24-26-12-4-1-5-13-26)37-32(27-14-6-2-7-15-27)25-40-30-22-20-28(21-23-30)34-36-31-18-10-11-19-33(31)38(34)29-16-8-3-9-17-29/h1-2,4-7,10-15,18-23,29,32H,3,8-9,16-17,24-25H2,(H,37,39)/t32-/m0/s1. The molecule has 0 saturated heterocycles. The molecule has 1 aliphatic carbocycles. The molecule has 0 spiro atoms. The summed E-state index contributed by atoms with van der Waals surface area (Å²) in [5, 5.41) is 2.97. The van der Waals surface area contributed by atoms with Crippen LogP contribution < -0.4 is 10.1 Å². The van der Waals surface area contributed by atoms with Gasteiger partial charge in [0.05, 0.1) is 17.1 Å². The molecule has 1 aromatic heterocycles. The SMILES string of the molecule is O=C(N[C@@H](COc1ccc(-c2nc3ccccc3n2C2CCCCC2)cc1)c1ccccc1)OCc1ccccc1. The Morgan fingerprint density at radius 3 is 2.27 bits per heavy atom. The van der Waals surface area contributed by atoms with Crippen LogP contribution in [0.15, 0.2) is 109 Å². The predicted octanol–water partition coefficient (Wildman–Crippen LogP) is 8.26. The highest BCUT2D eigenvalue weighted by Crippen LogP contribution is 2.36. The molecule has 208 valence electrons. The smallest absolute Gasteiger partial charge is 0.408 e. The first-order chi connectivity index (χ1) is 20.2. The molecule has 41 heavy (non-hydrogen) atoms. The number of hydrogen-bond donors (Lipinski definition) is 1. The van der Waals surface area contributed by atoms with Gasteiger partial charge in [-0.15, -0.1) is 0 Å². The molecule has 1 saturated carbocycles. The molecule has 1 amide bonds. The lowest BCUT2D eigenvalue weighted by Gasteiger charge is -2.25. The number of hydrogen-bond acceptors (Lipinski definition) is 4. The fourth-order valence-corrected chi connectivity index (χ4v) is 5.65. The van der Waals surface area contributed by atoms with Crippen LogP contribution in [0.3, 0.4) is 0 Å². The first-order valence-electron chi connectivity index (χ1n) is 14.5. The number of carbonyl (C=O) groups is 1. The Kier molecular flexibility index (Phi) is 8.27. The van der Waals surface area contributed by atoms with Crippen molar-refractivity contribution in [3.8, 4) is 17.1 Å². The second-order valence-electron chi connectivity index (χ2n) is 10.6. The number of benzene rings is 4. The highest BCUT2D eigenvalue weighted by Gasteiger charge is 2.22. The van der Waals surface area contributed by atoms with Crippen molar-refractivity contribution in [1.29, 1.82) is 0 Å². The summed E-state index contributed by atoms with van der Waals surface area (Å²) in [4.78, 5) is 17.7. The van der Waals surface area contributed by atoms with E-state index >= 15 is 0 Å². The van der Waals surface area contributed by atoms with Crippen molar-refractivity contribution in [2.75, 3.05) is 6.61 Å². The van der Waals surface area contributed by atoms with Crippen molar-refractivity contribution in [3.05, 3.63) is 120 Å². The van der Waals surface area contributed by atoms with Crippen LogP contribution >= 0.6 is 0 Å². The molecular formula is C35H35N3O3. The van der Waals surface area contributed by atoms with Gasteiger partial charge in [0, 0.05) is 11.6 Å². The Hall–Kier alpha value is -4.58. The lowest BCUT2D eigenvalue weighted by Crippen LogP contribution is -2.32. The molecule has 6 rings (SSSR count). The number of ether oxygens (including phenoxy) is 2. The third kappa shape index (κ3) is 6.43. The lowest BCUT2D eigenvalue weighted by molar-refractivity contribution is 0.131. The van der Waals surface area contributed by atoms with Gasteiger partial charge in [0.1, 0.15) is 24.8 Å². The van der Waals surface area contributed by atoms with Crippen molar-refractivity contribution in [2.24, 2.45) is 0 Å². The van der Waals surface area contributed by atoms with Crippen LogP contribution in [0, 0.1) is 0 Å². The number of para-hydroxylation sites is 2. The van der Waals surface area contributed by atoms with E-state index < -0.39 is 6.09 Å². The Balaban J connectivity index is 1.16. The van der Waals surface area contributed by atoms with Gasteiger partial charge in [-0.3, -0.25) is 0 Å². The number of nitrogens with one attached hydrogen (secondary N) is 1. The van der Waals surface area contributed by atoms with Crippen LogP contribution in [0.2, 0.25) is 0 Å². The minimum atomic E-state index is -0.483. The fraction of sp³-hybridized carbons (Fsp3) is 0.257. The summed E-state index contributed by atoms with van der Waals surface area (Å²) in [6.45, 7) is 0.479. The van der Waals surface area contributed by atoms with Gasteiger partial charge in [0.15, 0.2) is 0 Å². The van der Waals surface area contributed by atoms with Crippen LogP contribution in [0.25, 0.3) is 22.4 Å². The van der Waals surface area contributed by atoms with E-state index in [4.69, 9.17) is 14.5 Å². The first kappa shape index (κ1) is 26.6. The van der Waals surface area contributed by atoms with Crippen LogP contribution in [0.1, 0.15) is 55.3 Å². The Labute approximate surface area is 241 Å². The molecule has 0 aliphatic heterocycles. The fourth-order valence-electron chi connectivity index (χ4n) is 5.65. The van der Waals surface area contributed by atoms with Gasteiger partial charge in [-0.2, -0.15) is 0 Å². The van der Waals surface area contributed by atoms with Gasteiger partial charge in [-0.05, 0) is 60.4 Å². The van der Waals surface area contributed by atoms with Gasteiger partial charge >= 0.3 is 6.09 Å². The van der Waals surface area contributed by atoms with E-state index in [2.05, 4.69) is 46.3 Å². The second kappa shape index (κ2) is 12.7. The number of fused-ring (bicyclic) bond motifs is 1. The summed E-state index contributed by atoms with van der Waals surface area (Å²) in [6.07, 6.45) is 5.74. The summed E-state index contributed by atoms with van der Waals surface area (Å²) in [7, 11) is 0. The number of amides is 1. The predicted molar refractivity (Wildman–Crippen MR) is 162 cm³/mol. The number of imidazole rings is 1. The molecule has 0 bridgehead atoms. The molecule has 1 atom stereocenters. The van der Waals surface area contributed by atoms with E-state index in [1.54, 1.807) is 0 Å². The monoisotopic (exact) mass is 545 g/mol. The lowest BCUT2D eigenvalue weighted by atomic mass is 9.95. The Morgan fingerprint density at radius 2 is 1.51 bits per heavy atom. The molecule has 0 radical (unpaired) electrons. The average Bonchev–Trinajstić information content (AvgIpc) is 3.43. The van der Waals surface area contributed by atoms with Crippen LogP contribution in [0.4, 0.5) is 4.79 Å². The highest BCUT2D eigenvalue weighted by atomic mass is 16.5. The zero-order chi connectivity index (χ0) is 27.9. The number of nitrogens with zero attached hydrogens (tertiary/aromatic N) is 2. The third-order valence-corrected chi connectivity index (χ3v) is 7.77. The van der Waals surface area contributed by atoms with E-state index in [0.717, 1.165) is 33.8 Å². The number of carbonyl (C=O) groups excluding carboxylic acids is 1. The maximum Gasteiger partial charge on any atom is 0.408 e. The maximum atomic E-state index is 12.7. The molecule has 5 aromatic rings. The Morgan fingerprint density at radius 1 is 0.829 bits per heavy atom. The number of rotatable bonds is 9. The summed E-state index contributed by atoms with van der Waals surface area (Å²) in [5.74, 6) is 1.74. The molecule has 1 N–H and O–H groups in total. The minimum absolute atomic E-state index is 0.210. The Bertz CT molecular complexity index is 1560. The minimum Gasteiger partial charge on any atom is -0.491 e. The number of alkyl carbamates (subject to hydrolysis) is 1. The molecule has 0 unspecified atom stereocenters. The topological polar surface area (TPSA) is 65.4 Å². The number of aromatic nitrogens is 2. The van der Waals surface area contributed by atoms with Crippen molar-refractivity contribution in [3.63, 3.8) is 0 Å². The largest absolute Gasteiger partial charge is 0.491 e. The zero-order valence-electron chi connectivity index (χ0n) is 23.1. The summed E-state index contributed by atoms with van der Waals surface area (Å²) in [6, 6.07) is 36.1. The van der Waals surface area contributed by atoms with Gasteiger partial charge in [0.2, 0.25) is 0 Å². The molecule has 1 heterocycles. The molecule has 4 aromatic carbocycles. The van der Waals surface area contributed by atoms with Gasteiger partial charge in [-0.1, -0.05) is 92.1 Å². The summed E-state index contributed by atoms with van der Waals surface area (Å²) in [5.41, 5.74) is 5.19. The molecule has 6 heteroatoms. The molecular weight excluding hydrogens is 510 g/mol. The van der Waals surface area contributed by atoms with E-state index in [0.29, 0.717) is 6.04 Å². The first-order valence-corrected chi connectivity index (χ1v) is 14.5. The van der Waals surface area contributed by atoms with E-state index in [1.807, 2.05) is 72.8 Å². The summed E-state index contributed by atoms with van der Waals surface area (Å²) >= 11 is 0. The zero-order valence-corrected chi connectivity index (χ0v) is 23.1. The maximum absolute atomic E-state index is 12.7. The van der Waals surface area contributed by atoms with Crippen molar-refractivity contribution in [1.82, 2.24) is 14.9 Å². The van der Waals surface area contributed by atoms with Gasteiger partial charge in [0.25, 0.3) is 0 Å². The average molecular weight is 546 g/mol. The highest BCUT2D eigenvalue weighted by molar-refractivity contribution is 5.81. The van der Waals surface area contributed by atoms with Crippen LogP contribution in [0.5, 0.6) is 5.75 Å². The molecule has 1 fully saturated rings. The van der Waals surface area contributed by atoms with E-state index in [9.17, 15) is 4.79 Å². The molecule has 6 nitrogen and oxygen atoms in total. The van der Waals surface area contributed by atoms with Crippen molar-refractivity contribution < 1.29 is 14.3 Å². The normalized spacial score (nSPS) is 14.4.